The average Bonchev–Trinajstić information content (AvgIpc) is 2.81. The van der Waals surface area contributed by atoms with Gasteiger partial charge in [0.05, 0.1) is 10.6 Å². The molecule has 16 heavy (non-hydrogen) atoms. The smallest absolute Gasteiger partial charge is 0.233 e. The summed E-state index contributed by atoms with van der Waals surface area (Å²) in [5.74, 6) is 1.81. The molecule has 2 unspecified atom stereocenters. The summed E-state index contributed by atoms with van der Waals surface area (Å²) in [5, 5.41) is 3.23. The number of carbonyl (C=O) groups excluding carboxylic acids is 1. The molecule has 0 aromatic carbocycles. The van der Waals surface area contributed by atoms with Crippen LogP contribution in [0.4, 0.5) is 0 Å². The summed E-state index contributed by atoms with van der Waals surface area (Å²) in [5.41, 5.74) is 0. The monoisotopic (exact) mass is 263 g/mol. The molecule has 0 bridgehead atoms. The quantitative estimate of drug-likeness (QED) is 0.747. The van der Waals surface area contributed by atoms with Crippen LogP contribution in [0, 0.1) is 5.92 Å². The van der Waals surface area contributed by atoms with Crippen molar-refractivity contribution in [3.63, 3.8) is 0 Å². The minimum Gasteiger partial charge on any atom is -0.354 e. The second-order valence-electron chi connectivity index (χ2n) is 4.34. The number of halogens is 1. The Morgan fingerprint density at radius 2 is 2.19 bits per heavy atom. The highest BCUT2D eigenvalue weighted by molar-refractivity contribution is 8.00. The predicted octanol–water partition coefficient (Wildman–Crippen LogP) is 3.04. The molecule has 0 aromatic rings. The summed E-state index contributed by atoms with van der Waals surface area (Å²) in [4.78, 5) is 11.8. The Kier molecular flexibility index (Phi) is 6.59. The second kappa shape index (κ2) is 7.44. The van der Waals surface area contributed by atoms with Crippen molar-refractivity contribution in [3.8, 4) is 0 Å². The Hall–Kier alpha value is 0.110. The number of hydrogen-bond donors (Lipinski definition) is 1. The third-order valence-electron chi connectivity index (χ3n) is 3.25. The fourth-order valence-corrected chi connectivity index (χ4v) is 3.68. The molecule has 0 spiro atoms. The van der Waals surface area contributed by atoms with Crippen LogP contribution in [0.2, 0.25) is 0 Å². The van der Waals surface area contributed by atoms with Gasteiger partial charge in [-0.15, -0.1) is 23.4 Å². The van der Waals surface area contributed by atoms with E-state index in [4.69, 9.17) is 11.6 Å². The van der Waals surface area contributed by atoms with E-state index in [1.54, 1.807) is 11.8 Å². The molecular weight excluding hydrogens is 242 g/mol. The molecule has 1 N–H and O–H groups in total. The molecule has 4 heteroatoms. The van der Waals surface area contributed by atoms with Crippen LogP contribution in [0.3, 0.4) is 0 Å². The first kappa shape index (κ1) is 14.2. The third kappa shape index (κ3) is 4.17. The van der Waals surface area contributed by atoms with E-state index < -0.39 is 0 Å². The lowest BCUT2D eigenvalue weighted by Crippen LogP contribution is -2.37. The van der Waals surface area contributed by atoms with E-state index in [9.17, 15) is 4.79 Å². The summed E-state index contributed by atoms with van der Waals surface area (Å²) in [6, 6.07) is 0. The zero-order valence-electron chi connectivity index (χ0n) is 10.2. The number of alkyl halides is 1. The van der Waals surface area contributed by atoms with Crippen molar-refractivity contribution < 1.29 is 4.79 Å². The van der Waals surface area contributed by atoms with Gasteiger partial charge in [0.1, 0.15) is 0 Å². The van der Waals surface area contributed by atoms with Crippen LogP contribution >= 0.6 is 23.4 Å². The average molecular weight is 264 g/mol. The predicted molar refractivity (Wildman–Crippen MR) is 72.2 cm³/mol. The van der Waals surface area contributed by atoms with E-state index >= 15 is 0 Å². The van der Waals surface area contributed by atoms with Gasteiger partial charge in [0.25, 0.3) is 0 Å². The molecule has 1 amide bonds. The summed E-state index contributed by atoms with van der Waals surface area (Å²) < 4.78 is 0. The fourth-order valence-electron chi connectivity index (χ4n) is 2.06. The topological polar surface area (TPSA) is 29.1 Å². The zero-order chi connectivity index (χ0) is 12.0. The van der Waals surface area contributed by atoms with Crippen molar-refractivity contribution >= 4 is 29.3 Å². The van der Waals surface area contributed by atoms with Gasteiger partial charge in [-0.05, 0) is 24.5 Å². The molecule has 94 valence electrons. The van der Waals surface area contributed by atoms with E-state index in [2.05, 4.69) is 19.2 Å². The number of amides is 1. The molecular formula is C12H22ClNOS. The molecule has 1 fully saturated rings. The number of rotatable bonds is 6. The highest BCUT2D eigenvalue weighted by atomic mass is 35.5. The zero-order valence-corrected chi connectivity index (χ0v) is 11.7. The van der Waals surface area contributed by atoms with Crippen LogP contribution in [0.25, 0.3) is 0 Å². The highest BCUT2D eigenvalue weighted by Gasteiger charge is 2.24. The van der Waals surface area contributed by atoms with Crippen molar-refractivity contribution in [2.24, 2.45) is 5.92 Å². The van der Waals surface area contributed by atoms with Gasteiger partial charge >= 0.3 is 0 Å². The normalized spacial score (nSPS) is 22.4. The highest BCUT2D eigenvalue weighted by Crippen LogP contribution is 2.26. The SMILES string of the molecule is CCC(CC)C(Cl)CNC(=O)C1CCCS1. The van der Waals surface area contributed by atoms with Crippen LogP contribution in [-0.4, -0.2) is 28.8 Å². The molecule has 1 aliphatic heterocycles. The molecule has 0 radical (unpaired) electrons. The van der Waals surface area contributed by atoms with Crippen LogP contribution < -0.4 is 5.32 Å². The van der Waals surface area contributed by atoms with Gasteiger partial charge in [-0.1, -0.05) is 26.7 Å². The number of carbonyl (C=O) groups is 1. The lowest BCUT2D eigenvalue weighted by molar-refractivity contribution is -0.120. The van der Waals surface area contributed by atoms with Crippen LogP contribution in [0.15, 0.2) is 0 Å². The maximum Gasteiger partial charge on any atom is 0.233 e. The molecule has 0 saturated carbocycles. The van der Waals surface area contributed by atoms with Crippen molar-refractivity contribution in [3.05, 3.63) is 0 Å². The van der Waals surface area contributed by atoms with Gasteiger partial charge in [-0.2, -0.15) is 0 Å². The Morgan fingerprint density at radius 3 is 2.69 bits per heavy atom. The Balaban J connectivity index is 2.24. The lowest BCUT2D eigenvalue weighted by atomic mass is 9.99. The van der Waals surface area contributed by atoms with Crippen molar-refractivity contribution in [2.45, 2.75) is 50.2 Å². The standard InChI is InChI=1S/C12H22ClNOS/c1-3-9(4-2)10(13)8-14-12(15)11-6-5-7-16-11/h9-11H,3-8H2,1-2H3,(H,14,15). The van der Waals surface area contributed by atoms with E-state index in [1.165, 1.54) is 6.42 Å². The first-order valence-electron chi connectivity index (χ1n) is 6.22. The van der Waals surface area contributed by atoms with E-state index in [0.29, 0.717) is 12.5 Å². The minimum absolute atomic E-state index is 0.0744. The minimum atomic E-state index is 0.0744. The first-order valence-corrected chi connectivity index (χ1v) is 7.70. The Morgan fingerprint density at radius 1 is 1.50 bits per heavy atom. The summed E-state index contributed by atoms with van der Waals surface area (Å²) in [7, 11) is 0. The summed E-state index contributed by atoms with van der Waals surface area (Å²) in [6.45, 7) is 4.92. The molecule has 0 aliphatic carbocycles. The van der Waals surface area contributed by atoms with Crippen molar-refractivity contribution in [2.75, 3.05) is 12.3 Å². The van der Waals surface area contributed by atoms with Gasteiger partial charge in [0.2, 0.25) is 5.91 Å². The molecule has 1 heterocycles. The molecule has 2 atom stereocenters. The van der Waals surface area contributed by atoms with Crippen LogP contribution in [0.1, 0.15) is 39.5 Å². The van der Waals surface area contributed by atoms with Crippen LogP contribution in [-0.2, 0) is 4.79 Å². The van der Waals surface area contributed by atoms with Gasteiger partial charge in [0, 0.05) is 6.54 Å². The maximum absolute atomic E-state index is 11.8. The number of nitrogens with one attached hydrogen (secondary N) is 1. The van der Waals surface area contributed by atoms with Crippen molar-refractivity contribution in [1.29, 1.82) is 0 Å². The Bertz CT molecular complexity index is 215. The Labute approximate surface area is 108 Å². The molecule has 1 saturated heterocycles. The van der Waals surface area contributed by atoms with Gasteiger partial charge in [-0.25, -0.2) is 0 Å². The molecule has 0 aromatic heterocycles. The maximum atomic E-state index is 11.8. The van der Waals surface area contributed by atoms with Gasteiger partial charge < -0.3 is 5.32 Å². The van der Waals surface area contributed by atoms with Gasteiger partial charge in [-0.3, -0.25) is 4.79 Å². The lowest BCUT2D eigenvalue weighted by Gasteiger charge is -2.20. The van der Waals surface area contributed by atoms with E-state index in [-0.39, 0.29) is 16.5 Å². The fraction of sp³-hybridized carbons (Fsp3) is 0.917. The molecule has 1 aliphatic rings. The molecule has 2 nitrogen and oxygen atoms in total. The van der Waals surface area contributed by atoms with E-state index in [0.717, 1.165) is 25.0 Å². The largest absolute Gasteiger partial charge is 0.354 e. The summed E-state index contributed by atoms with van der Waals surface area (Å²) >= 11 is 8.04. The second-order valence-corrected chi connectivity index (χ2v) is 6.21. The van der Waals surface area contributed by atoms with E-state index in [1.807, 2.05) is 0 Å². The molecule has 1 rings (SSSR count). The number of hydrogen-bond acceptors (Lipinski definition) is 2. The van der Waals surface area contributed by atoms with Crippen molar-refractivity contribution in [1.82, 2.24) is 5.32 Å². The van der Waals surface area contributed by atoms with Gasteiger partial charge in [0.15, 0.2) is 0 Å². The number of thioether (sulfide) groups is 1. The summed E-state index contributed by atoms with van der Waals surface area (Å²) in [6.07, 6.45) is 4.35. The van der Waals surface area contributed by atoms with Crippen LogP contribution in [0.5, 0.6) is 0 Å². The first-order chi connectivity index (χ1) is 7.69. The third-order valence-corrected chi connectivity index (χ3v) is 5.14.